The van der Waals surface area contributed by atoms with Crippen molar-refractivity contribution in [1.82, 2.24) is 14.3 Å². The van der Waals surface area contributed by atoms with Crippen LogP contribution in [0.15, 0.2) is 12.1 Å². The fourth-order valence-electron chi connectivity index (χ4n) is 4.84. The standard InChI is InChI=1S/C24H27Cl2N3O4/c1-14(30)33-12-6-7-15-16-9-10-17(26)20(22(16)28(2)23(15)24(31)32-3)21-18(13-25)27-29-11-5-4-8-19(21)29/h9-10H,4-8,11-13H2,1-3H3. The molecule has 0 spiro atoms. The van der Waals surface area contributed by atoms with Crippen LogP contribution in [0.5, 0.6) is 0 Å². The van der Waals surface area contributed by atoms with Gasteiger partial charge in [-0.2, -0.15) is 5.10 Å². The lowest BCUT2D eigenvalue weighted by Gasteiger charge is -2.16. The van der Waals surface area contributed by atoms with E-state index in [9.17, 15) is 9.59 Å². The van der Waals surface area contributed by atoms with E-state index in [1.165, 1.54) is 14.0 Å². The van der Waals surface area contributed by atoms with Crippen molar-refractivity contribution in [1.29, 1.82) is 0 Å². The number of alkyl halides is 1. The summed E-state index contributed by atoms with van der Waals surface area (Å²) in [4.78, 5) is 24.0. The van der Waals surface area contributed by atoms with Crippen LogP contribution in [0.3, 0.4) is 0 Å². The highest BCUT2D eigenvalue weighted by molar-refractivity contribution is 6.35. The summed E-state index contributed by atoms with van der Waals surface area (Å²) in [5.41, 5.74) is 5.88. The van der Waals surface area contributed by atoms with Gasteiger partial charge in [0, 0.05) is 42.7 Å². The van der Waals surface area contributed by atoms with Gasteiger partial charge in [-0.15, -0.1) is 11.6 Å². The molecule has 4 rings (SSSR count). The molecule has 1 aromatic carbocycles. The first-order valence-electron chi connectivity index (χ1n) is 11.0. The van der Waals surface area contributed by atoms with Crippen LogP contribution in [0.25, 0.3) is 22.0 Å². The molecular formula is C24H27Cl2N3O4. The Balaban J connectivity index is 1.95. The van der Waals surface area contributed by atoms with Crippen molar-refractivity contribution in [3.8, 4) is 11.1 Å². The third-order valence-electron chi connectivity index (χ3n) is 6.20. The number of hydrogen-bond acceptors (Lipinski definition) is 5. The van der Waals surface area contributed by atoms with Crippen molar-refractivity contribution in [3.05, 3.63) is 39.8 Å². The maximum Gasteiger partial charge on any atom is 0.354 e. The van der Waals surface area contributed by atoms with Gasteiger partial charge in [0.1, 0.15) is 5.69 Å². The van der Waals surface area contributed by atoms with Gasteiger partial charge in [-0.1, -0.05) is 17.7 Å². The van der Waals surface area contributed by atoms with Crippen LogP contribution in [-0.2, 0) is 46.6 Å². The van der Waals surface area contributed by atoms with Gasteiger partial charge in [0.2, 0.25) is 0 Å². The summed E-state index contributed by atoms with van der Waals surface area (Å²) in [6.07, 6.45) is 4.18. The number of hydrogen-bond donors (Lipinski definition) is 0. The second-order valence-electron chi connectivity index (χ2n) is 8.22. The number of carbonyl (C=O) groups is 2. The molecule has 0 unspecified atom stereocenters. The maximum absolute atomic E-state index is 12.8. The molecule has 3 aromatic rings. The molecule has 1 aliphatic heterocycles. The lowest BCUT2D eigenvalue weighted by Crippen LogP contribution is -2.12. The second-order valence-corrected chi connectivity index (χ2v) is 8.90. The normalized spacial score (nSPS) is 13.2. The number of benzene rings is 1. The number of fused-ring (bicyclic) bond motifs is 2. The van der Waals surface area contributed by atoms with Crippen molar-refractivity contribution in [3.63, 3.8) is 0 Å². The Bertz CT molecular complexity index is 1230. The van der Waals surface area contributed by atoms with Crippen molar-refractivity contribution in [2.45, 2.75) is 51.5 Å². The number of aryl methyl sites for hydroxylation is 3. The average molecular weight is 492 g/mol. The quantitative estimate of drug-likeness (QED) is 0.262. The largest absolute Gasteiger partial charge is 0.466 e. The SMILES string of the molecule is COC(=O)c1c(CCCOC(C)=O)c2ccc(Cl)c(-c3c(CCl)nn4c3CCCC4)c2n1C. The molecule has 33 heavy (non-hydrogen) atoms. The molecule has 0 fully saturated rings. The highest BCUT2D eigenvalue weighted by Gasteiger charge is 2.29. The highest BCUT2D eigenvalue weighted by atomic mass is 35.5. The predicted octanol–water partition coefficient (Wildman–Crippen LogP) is 5.05. The van der Waals surface area contributed by atoms with Gasteiger partial charge in [-0.3, -0.25) is 9.48 Å². The fraction of sp³-hybridized carbons (Fsp3) is 0.458. The van der Waals surface area contributed by atoms with E-state index in [0.717, 1.165) is 64.8 Å². The zero-order valence-corrected chi connectivity index (χ0v) is 20.6. The van der Waals surface area contributed by atoms with Gasteiger partial charge in [-0.05, 0) is 43.7 Å². The Kier molecular flexibility index (Phi) is 7.00. The number of esters is 2. The van der Waals surface area contributed by atoms with E-state index in [-0.39, 0.29) is 18.5 Å². The van der Waals surface area contributed by atoms with Crippen molar-refractivity contribution in [2.75, 3.05) is 13.7 Å². The van der Waals surface area contributed by atoms with Crippen LogP contribution in [0, 0.1) is 0 Å². The summed E-state index contributed by atoms with van der Waals surface area (Å²) in [6.45, 7) is 2.52. The Morgan fingerprint density at radius 2 is 2.00 bits per heavy atom. The summed E-state index contributed by atoms with van der Waals surface area (Å²) in [6, 6.07) is 3.80. The van der Waals surface area contributed by atoms with E-state index in [4.69, 9.17) is 37.8 Å². The first-order chi connectivity index (χ1) is 15.9. The summed E-state index contributed by atoms with van der Waals surface area (Å²) in [5.74, 6) is -0.478. The molecule has 0 N–H and O–H groups in total. The molecule has 0 saturated heterocycles. The lowest BCUT2D eigenvalue weighted by molar-refractivity contribution is -0.141. The minimum atomic E-state index is -0.423. The summed E-state index contributed by atoms with van der Waals surface area (Å²) in [7, 11) is 3.22. The molecule has 0 atom stereocenters. The van der Waals surface area contributed by atoms with E-state index in [2.05, 4.69) is 0 Å². The molecule has 2 aromatic heterocycles. The minimum absolute atomic E-state index is 0.269. The van der Waals surface area contributed by atoms with Crippen LogP contribution < -0.4 is 0 Å². The van der Waals surface area contributed by atoms with Gasteiger partial charge >= 0.3 is 11.9 Å². The van der Waals surface area contributed by atoms with Gasteiger partial charge in [0.05, 0.1) is 35.8 Å². The molecule has 0 radical (unpaired) electrons. The second kappa shape index (κ2) is 9.77. The third-order valence-corrected chi connectivity index (χ3v) is 6.77. The van der Waals surface area contributed by atoms with Gasteiger partial charge in [0.15, 0.2) is 0 Å². The molecule has 0 amide bonds. The number of ether oxygens (including phenoxy) is 2. The topological polar surface area (TPSA) is 75.4 Å². The van der Waals surface area contributed by atoms with Crippen LogP contribution in [0.2, 0.25) is 5.02 Å². The maximum atomic E-state index is 12.8. The Hall–Kier alpha value is -2.51. The van der Waals surface area contributed by atoms with E-state index in [1.54, 1.807) is 0 Å². The third kappa shape index (κ3) is 4.24. The molecule has 7 nitrogen and oxygen atoms in total. The number of rotatable bonds is 7. The van der Waals surface area contributed by atoms with E-state index >= 15 is 0 Å². The lowest BCUT2D eigenvalue weighted by atomic mass is 9.95. The van der Waals surface area contributed by atoms with Gasteiger partial charge < -0.3 is 14.0 Å². The molecule has 0 bridgehead atoms. The average Bonchev–Trinajstić information content (AvgIpc) is 3.31. The zero-order valence-electron chi connectivity index (χ0n) is 19.0. The summed E-state index contributed by atoms with van der Waals surface area (Å²) < 4.78 is 14.1. The Morgan fingerprint density at radius 3 is 2.70 bits per heavy atom. The Morgan fingerprint density at radius 1 is 1.21 bits per heavy atom. The van der Waals surface area contributed by atoms with Crippen LogP contribution >= 0.6 is 23.2 Å². The molecule has 3 heterocycles. The molecule has 1 aliphatic rings. The summed E-state index contributed by atoms with van der Waals surface area (Å²) in [5, 5.41) is 6.25. The zero-order chi connectivity index (χ0) is 23.7. The van der Waals surface area contributed by atoms with Crippen LogP contribution in [0.4, 0.5) is 0 Å². The van der Waals surface area contributed by atoms with Gasteiger partial charge in [-0.25, -0.2) is 4.79 Å². The van der Waals surface area contributed by atoms with Crippen molar-refractivity contribution in [2.24, 2.45) is 7.05 Å². The predicted molar refractivity (Wildman–Crippen MR) is 128 cm³/mol. The first-order valence-corrected chi connectivity index (χ1v) is 12.0. The van der Waals surface area contributed by atoms with Crippen molar-refractivity contribution >= 4 is 46.0 Å². The van der Waals surface area contributed by atoms with E-state index < -0.39 is 5.97 Å². The number of aromatic nitrogens is 3. The number of halogens is 2. The molecular weight excluding hydrogens is 465 g/mol. The number of carbonyl (C=O) groups excluding carboxylic acids is 2. The number of nitrogens with zero attached hydrogens (tertiary/aromatic N) is 3. The first kappa shape index (κ1) is 23.6. The van der Waals surface area contributed by atoms with Crippen molar-refractivity contribution < 1.29 is 19.1 Å². The monoisotopic (exact) mass is 491 g/mol. The van der Waals surface area contributed by atoms with Crippen LogP contribution in [0.1, 0.15) is 53.6 Å². The van der Waals surface area contributed by atoms with E-state index in [1.807, 2.05) is 28.4 Å². The minimum Gasteiger partial charge on any atom is -0.466 e. The fourth-order valence-corrected chi connectivity index (χ4v) is 5.27. The van der Waals surface area contributed by atoms with Crippen LogP contribution in [-0.4, -0.2) is 40.0 Å². The summed E-state index contributed by atoms with van der Waals surface area (Å²) >= 11 is 13.1. The molecule has 0 aliphatic carbocycles. The molecule has 9 heteroatoms. The Labute approximate surface area is 202 Å². The number of methoxy groups -OCH3 is 1. The van der Waals surface area contributed by atoms with Gasteiger partial charge in [0.25, 0.3) is 0 Å². The molecule has 176 valence electrons. The van der Waals surface area contributed by atoms with E-state index in [0.29, 0.717) is 23.6 Å². The highest BCUT2D eigenvalue weighted by Crippen LogP contribution is 2.43. The molecule has 0 saturated carbocycles. The smallest absolute Gasteiger partial charge is 0.354 e.